The molecule has 1 fully saturated rings. The van der Waals surface area contributed by atoms with E-state index in [1.54, 1.807) is 0 Å². The minimum atomic E-state index is -5.85. The molecule has 0 bridgehead atoms. The maximum Gasteiger partial charge on any atom is 0.480 e. The summed E-state index contributed by atoms with van der Waals surface area (Å²) in [6, 6.07) is 0. The highest BCUT2D eigenvalue weighted by Crippen LogP contribution is 2.67. The zero-order chi connectivity index (χ0) is 13.9. The Morgan fingerprint density at radius 2 is 1.53 bits per heavy atom. The molecule has 1 rings (SSSR count). The van der Waals surface area contributed by atoms with Crippen molar-refractivity contribution in [2.45, 2.75) is 37.4 Å². The van der Waals surface area contributed by atoms with Crippen LogP contribution in [-0.4, -0.2) is 28.4 Å². The van der Waals surface area contributed by atoms with Gasteiger partial charge in [0.05, 0.1) is 0 Å². The average Bonchev–Trinajstić information content (AvgIpc) is 1.95. The summed E-state index contributed by atoms with van der Waals surface area (Å²) in [5.74, 6) is -10.8. The van der Waals surface area contributed by atoms with Gasteiger partial charge in [-0.3, -0.25) is 0 Å². The van der Waals surface area contributed by atoms with Gasteiger partial charge < -0.3 is 4.89 Å². The van der Waals surface area contributed by atoms with Crippen LogP contribution < -0.4 is 0 Å². The van der Waals surface area contributed by atoms with Crippen molar-refractivity contribution < 1.29 is 44.8 Å². The van der Waals surface area contributed by atoms with Crippen LogP contribution in [0.15, 0.2) is 0 Å². The van der Waals surface area contributed by atoms with Crippen LogP contribution in [0.3, 0.4) is 0 Å². The van der Waals surface area contributed by atoms with Gasteiger partial charge in [-0.25, -0.2) is 22.4 Å². The van der Waals surface area contributed by atoms with Crippen molar-refractivity contribution in [1.29, 1.82) is 0 Å². The molecule has 1 aliphatic rings. The second kappa shape index (κ2) is 3.37. The summed E-state index contributed by atoms with van der Waals surface area (Å²) >= 11 is 0. The Balaban J connectivity index is 3.43. The third-order valence-electron chi connectivity index (χ3n) is 2.01. The van der Waals surface area contributed by atoms with Gasteiger partial charge in [-0.1, -0.05) is 0 Å². The van der Waals surface area contributed by atoms with Crippen LogP contribution in [0, 0.1) is 0 Å². The third-order valence-corrected chi connectivity index (χ3v) is 2.95. The van der Waals surface area contributed by atoms with Crippen molar-refractivity contribution in [3.63, 3.8) is 0 Å². The Labute approximate surface area is 91.1 Å². The molecule has 1 heterocycles. The van der Waals surface area contributed by atoms with E-state index in [0.717, 1.165) is 0 Å². The number of alkyl halides is 6. The third kappa shape index (κ3) is 1.96. The van der Waals surface area contributed by atoms with Gasteiger partial charge >= 0.3 is 25.7 Å². The molecule has 17 heavy (non-hydrogen) atoms. The molecule has 0 spiro atoms. The molecule has 2 unspecified atom stereocenters. The lowest BCUT2D eigenvalue weighted by Gasteiger charge is -2.45. The SMILES string of the molecule is CC(C)(F)C1(F)OP(=O)(O)OC(F)(F)C1(F)F. The van der Waals surface area contributed by atoms with E-state index in [-0.39, 0.29) is 13.8 Å². The topological polar surface area (TPSA) is 55.8 Å². The highest BCUT2D eigenvalue weighted by molar-refractivity contribution is 7.47. The standard InChI is InChI=1S/C6H7F6O4P/c1-3(2,7)5(10)4(8,9)6(11,12)16-17(13,14)15-5/h1-2H3,(H,13,14). The van der Waals surface area contributed by atoms with Gasteiger partial charge in [0.25, 0.3) is 0 Å². The number of phosphoric acid groups is 1. The van der Waals surface area contributed by atoms with Crippen LogP contribution in [0.4, 0.5) is 26.3 Å². The van der Waals surface area contributed by atoms with Crippen molar-refractivity contribution in [3.8, 4) is 0 Å². The molecule has 0 aromatic carbocycles. The first-order chi connectivity index (χ1) is 7.16. The normalized spacial score (nSPS) is 41.2. The van der Waals surface area contributed by atoms with Gasteiger partial charge in [-0.05, 0) is 13.8 Å². The highest BCUT2D eigenvalue weighted by Gasteiger charge is 2.84. The monoisotopic (exact) mass is 288 g/mol. The van der Waals surface area contributed by atoms with Crippen LogP contribution >= 0.6 is 7.82 Å². The van der Waals surface area contributed by atoms with E-state index in [2.05, 4.69) is 9.05 Å². The van der Waals surface area contributed by atoms with Crippen LogP contribution in [0.1, 0.15) is 13.8 Å². The molecule has 11 heteroatoms. The molecule has 0 saturated carbocycles. The van der Waals surface area contributed by atoms with Gasteiger partial charge in [0.15, 0.2) is 5.67 Å². The maximum absolute atomic E-state index is 13.6. The van der Waals surface area contributed by atoms with Crippen molar-refractivity contribution in [3.05, 3.63) is 0 Å². The Bertz CT molecular complexity index is 379. The van der Waals surface area contributed by atoms with Crippen LogP contribution in [-0.2, 0) is 13.6 Å². The van der Waals surface area contributed by atoms with Crippen molar-refractivity contribution in [2.24, 2.45) is 0 Å². The van der Waals surface area contributed by atoms with Gasteiger partial charge in [-0.15, -0.1) is 0 Å². The van der Waals surface area contributed by atoms with Gasteiger partial charge in [0.1, 0.15) is 0 Å². The summed E-state index contributed by atoms with van der Waals surface area (Å²) in [4.78, 5) is 8.53. The summed E-state index contributed by atoms with van der Waals surface area (Å²) in [6.07, 6.45) is -5.69. The molecule has 0 amide bonds. The van der Waals surface area contributed by atoms with Crippen molar-refractivity contribution in [1.82, 2.24) is 0 Å². The number of rotatable bonds is 1. The van der Waals surface area contributed by atoms with Crippen LogP contribution in [0.2, 0.25) is 0 Å². The first kappa shape index (κ1) is 14.7. The molecule has 1 N–H and O–H groups in total. The number of hydrogen-bond acceptors (Lipinski definition) is 3. The maximum atomic E-state index is 13.6. The van der Waals surface area contributed by atoms with Crippen molar-refractivity contribution in [2.75, 3.05) is 0 Å². The molecular formula is C6H7F6O4P. The molecule has 102 valence electrons. The minimum absolute atomic E-state index is 0.155. The Morgan fingerprint density at radius 3 is 1.88 bits per heavy atom. The number of phosphoric ester groups is 1. The van der Waals surface area contributed by atoms with Crippen LogP contribution in [0.5, 0.6) is 0 Å². The molecular weight excluding hydrogens is 281 g/mol. The Hall–Kier alpha value is -0.310. The second-order valence-corrected chi connectivity index (χ2v) is 5.11. The van der Waals surface area contributed by atoms with E-state index < -0.39 is 31.4 Å². The lowest BCUT2D eigenvalue weighted by molar-refractivity contribution is -0.430. The van der Waals surface area contributed by atoms with E-state index in [1.165, 1.54) is 0 Å². The zero-order valence-electron chi connectivity index (χ0n) is 8.39. The molecule has 1 saturated heterocycles. The molecule has 0 aromatic heterocycles. The molecule has 0 radical (unpaired) electrons. The van der Waals surface area contributed by atoms with Crippen molar-refractivity contribution >= 4 is 7.82 Å². The minimum Gasteiger partial charge on any atom is -0.302 e. The summed E-state index contributed by atoms with van der Waals surface area (Å²) in [7, 11) is -5.85. The van der Waals surface area contributed by atoms with E-state index in [0.29, 0.717) is 0 Å². The molecule has 1 aliphatic heterocycles. The molecule has 0 aliphatic carbocycles. The summed E-state index contributed by atoms with van der Waals surface area (Å²) < 4.78 is 95.0. The first-order valence-corrected chi connectivity index (χ1v) is 5.54. The zero-order valence-corrected chi connectivity index (χ0v) is 9.28. The van der Waals surface area contributed by atoms with E-state index in [9.17, 15) is 30.9 Å². The van der Waals surface area contributed by atoms with Gasteiger partial charge in [0.2, 0.25) is 0 Å². The Kier molecular flexibility index (Phi) is 2.93. The van der Waals surface area contributed by atoms with E-state index in [1.807, 2.05) is 0 Å². The van der Waals surface area contributed by atoms with Gasteiger partial charge in [0, 0.05) is 0 Å². The molecule has 4 nitrogen and oxygen atoms in total. The summed E-state index contributed by atoms with van der Waals surface area (Å²) in [6.45, 7) is 0.310. The first-order valence-electron chi connectivity index (χ1n) is 4.04. The lowest BCUT2D eigenvalue weighted by Crippen LogP contribution is -2.68. The fourth-order valence-corrected chi connectivity index (χ4v) is 2.20. The predicted molar refractivity (Wildman–Crippen MR) is 40.9 cm³/mol. The number of hydrogen-bond donors (Lipinski definition) is 1. The summed E-state index contributed by atoms with van der Waals surface area (Å²) in [5.41, 5.74) is -3.68. The molecule has 0 aromatic rings. The fraction of sp³-hybridized carbons (Fsp3) is 1.00. The quantitative estimate of drug-likeness (QED) is 0.595. The van der Waals surface area contributed by atoms with Crippen LogP contribution in [0.25, 0.3) is 0 Å². The van der Waals surface area contributed by atoms with E-state index in [4.69, 9.17) is 4.89 Å². The van der Waals surface area contributed by atoms with E-state index >= 15 is 0 Å². The smallest absolute Gasteiger partial charge is 0.302 e. The predicted octanol–water partition coefficient (Wildman–Crippen LogP) is 2.78. The average molecular weight is 288 g/mol. The number of halogens is 6. The highest BCUT2D eigenvalue weighted by atomic mass is 31.2. The molecule has 2 atom stereocenters. The summed E-state index contributed by atoms with van der Waals surface area (Å²) in [5, 5.41) is 0. The largest absolute Gasteiger partial charge is 0.480 e. The fourth-order valence-electron chi connectivity index (χ4n) is 1.11. The second-order valence-electron chi connectivity index (χ2n) is 3.81. The Morgan fingerprint density at radius 1 is 1.12 bits per heavy atom. The lowest BCUT2D eigenvalue weighted by atomic mass is 9.94. The van der Waals surface area contributed by atoms with Gasteiger partial charge in [-0.2, -0.15) is 17.6 Å².